The first-order chi connectivity index (χ1) is 19.0. The SMILES string of the molecule is C=C1/C=C/c2ccc(C3CCN(C)CC3)cc2O[C@@H]2CCN(CCOc3[nH]ncc3-c3ccc(C)c1c3)C2=O. The molecule has 2 fully saturated rings. The van der Waals surface area contributed by atoms with Crippen molar-refractivity contribution in [2.24, 2.45) is 0 Å². The quantitative estimate of drug-likeness (QED) is 0.468. The summed E-state index contributed by atoms with van der Waals surface area (Å²) in [6, 6.07) is 12.8. The van der Waals surface area contributed by atoms with E-state index in [1.54, 1.807) is 6.20 Å². The van der Waals surface area contributed by atoms with Crippen molar-refractivity contribution in [1.29, 1.82) is 0 Å². The number of hydrogen-bond donors (Lipinski definition) is 1. The number of likely N-dealkylation sites (tertiary alicyclic amines) is 1. The van der Waals surface area contributed by atoms with Gasteiger partial charge in [-0.1, -0.05) is 43.0 Å². The summed E-state index contributed by atoms with van der Waals surface area (Å²) in [6.45, 7) is 10.2. The molecule has 4 heterocycles. The first kappa shape index (κ1) is 25.4. The molecule has 2 saturated heterocycles. The van der Waals surface area contributed by atoms with Crippen molar-refractivity contribution in [3.63, 3.8) is 0 Å². The maximum Gasteiger partial charge on any atom is 0.263 e. The van der Waals surface area contributed by atoms with Crippen LogP contribution in [0.4, 0.5) is 0 Å². The molecule has 0 spiro atoms. The number of carbonyl (C=O) groups excluding carboxylic acids is 1. The van der Waals surface area contributed by atoms with Gasteiger partial charge in [0.15, 0.2) is 6.10 Å². The van der Waals surface area contributed by atoms with E-state index < -0.39 is 6.10 Å². The molecule has 7 heteroatoms. The second-order valence-electron chi connectivity index (χ2n) is 10.9. The molecule has 39 heavy (non-hydrogen) atoms. The molecule has 0 unspecified atom stereocenters. The summed E-state index contributed by atoms with van der Waals surface area (Å²) in [4.78, 5) is 17.5. The van der Waals surface area contributed by atoms with Gasteiger partial charge < -0.3 is 19.3 Å². The van der Waals surface area contributed by atoms with Gasteiger partial charge in [0.25, 0.3) is 5.91 Å². The van der Waals surface area contributed by atoms with Crippen LogP contribution in [-0.2, 0) is 4.79 Å². The molecule has 0 aliphatic carbocycles. The van der Waals surface area contributed by atoms with Gasteiger partial charge in [-0.25, -0.2) is 5.10 Å². The smallest absolute Gasteiger partial charge is 0.263 e. The van der Waals surface area contributed by atoms with Gasteiger partial charge in [0.2, 0.25) is 5.88 Å². The van der Waals surface area contributed by atoms with Crippen LogP contribution in [0.25, 0.3) is 22.8 Å². The fourth-order valence-corrected chi connectivity index (χ4v) is 5.85. The summed E-state index contributed by atoms with van der Waals surface area (Å²) in [6.07, 6.45) is 8.30. The standard InChI is InChI=1S/C32H36N4O3/c1-21-4-6-24-8-9-25(23-10-13-35(3)14-11-23)19-30(24)39-29-12-15-36(32(29)37)16-17-38-31-28(20-33-34-31)26-7-5-22(2)27(21)18-26/h4-9,18-20,23,29H,1,10-17H2,2-3H3,(H,33,34)/b6-4+/t29-/m1/s1. The predicted octanol–water partition coefficient (Wildman–Crippen LogP) is 5.29. The van der Waals surface area contributed by atoms with Gasteiger partial charge in [0.05, 0.1) is 18.3 Å². The highest BCUT2D eigenvalue weighted by Gasteiger charge is 2.34. The van der Waals surface area contributed by atoms with Crippen molar-refractivity contribution < 1.29 is 14.3 Å². The second-order valence-corrected chi connectivity index (χ2v) is 10.9. The van der Waals surface area contributed by atoms with E-state index >= 15 is 0 Å². The number of carbonyl (C=O) groups is 1. The number of aromatic amines is 1. The molecule has 0 radical (unpaired) electrons. The number of benzene rings is 2. The number of nitrogens with zero attached hydrogens (tertiary/aromatic N) is 3. The fraction of sp³-hybridized carbons (Fsp3) is 0.375. The van der Waals surface area contributed by atoms with Gasteiger partial charge in [-0.05, 0) is 85.8 Å². The number of nitrogens with one attached hydrogen (secondary N) is 1. The lowest BCUT2D eigenvalue weighted by Gasteiger charge is -2.29. The molecule has 3 aliphatic rings. The zero-order valence-electron chi connectivity index (χ0n) is 22.8. The highest BCUT2D eigenvalue weighted by atomic mass is 16.5. The number of ether oxygens (including phenoxy) is 2. The van der Waals surface area contributed by atoms with Crippen LogP contribution in [0.2, 0.25) is 0 Å². The van der Waals surface area contributed by atoms with Crippen LogP contribution in [0.1, 0.15) is 47.4 Å². The van der Waals surface area contributed by atoms with E-state index in [0.717, 1.165) is 65.1 Å². The maximum absolute atomic E-state index is 13.3. The minimum absolute atomic E-state index is 0.0130. The van der Waals surface area contributed by atoms with E-state index in [2.05, 4.69) is 78.1 Å². The van der Waals surface area contributed by atoms with Crippen LogP contribution in [0, 0.1) is 6.92 Å². The third-order valence-electron chi connectivity index (χ3n) is 8.32. The van der Waals surface area contributed by atoms with Crippen LogP contribution in [0.5, 0.6) is 11.6 Å². The Morgan fingerprint density at radius 3 is 2.69 bits per heavy atom. The van der Waals surface area contributed by atoms with E-state index in [1.807, 2.05) is 11.0 Å². The van der Waals surface area contributed by atoms with E-state index in [1.165, 1.54) is 5.56 Å². The molecule has 0 saturated carbocycles. The Bertz CT molecular complexity index is 1420. The number of hydrogen-bond acceptors (Lipinski definition) is 5. The summed E-state index contributed by atoms with van der Waals surface area (Å²) in [7, 11) is 2.18. The van der Waals surface area contributed by atoms with E-state index in [9.17, 15) is 4.79 Å². The van der Waals surface area contributed by atoms with Crippen LogP contribution in [-0.4, -0.2) is 71.8 Å². The Hall–Kier alpha value is -3.84. The first-order valence-corrected chi connectivity index (χ1v) is 13.9. The molecular weight excluding hydrogens is 488 g/mol. The summed E-state index contributed by atoms with van der Waals surface area (Å²) in [5.41, 5.74) is 7.23. The maximum atomic E-state index is 13.3. The topological polar surface area (TPSA) is 70.7 Å². The zero-order chi connectivity index (χ0) is 26.9. The molecule has 1 aromatic heterocycles. The Labute approximate surface area is 230 Å². The number of aryl methyl sites for hydroxylation is 1. The molecule has 1 N–H and O–H groups in total. The van der Waals surface area contributed by atoms with Gasteiger partial charge >= 0.3 is 0 Å². The van der Waals surface area contributed by atoms with Gasteiger partial charge in [0.1, 0.15) is 12.4 Å². The summed E-state index contributed by atoms with van der Waals surface area (Å²) < 4.78 is 12.5. The Balaban J connectivity index is 1.38. The van der Waals surface area contributed by atoms with Crippen molar-refractivity contribution in [3.05, 3.63) is 77.5 Å². The molecule has 202 valence electrons. The lowest BCUT2D eigenvalue weighted by Crippen LogP contribution is -2.35. The number of piperidine rings is 1. The van der Waals surface area contributed by atoms with Crippen molar-refractivity contribution >= 4 is 17.6 Å². The number of H-pyrrole nitrogens is 1. The molecule has 2 aromatic carbocycles. The Morgan fingerprint density at radius 1 is 1.00 bits per heavy atom. The summed E-state index contributed by atoms with van der Waals surface area (Å²) in [5.74, 6) is 1.88. The van der Waals surface area contributed by atoms with Gasteiger partial charge in [-0.15, -0.1) is 0 Å². The average Bonchev–Trinajstić information content (AvgIpc) is 3.55. The summed E-state index contributed by atoms with van der Waals surface area (Å²) >= 11 is 0. The van der Waals surface area contributed by atoms with Crippen molar-refractivity contribution in [3.8, 4) is 22.8 Å². The highest BCUT2D eigenvalue weighted by Crippen LogP contribution is 2.35. The molecule has 3 aliphatic heterocycles. The minimum atomic E-state index is -0.497. The van der Waals surface area contributed by atoms with Crippen molar-refractivity contribution in [2.75, 3.05) is 39.8 Å². The van der Waals surface area contributed by atoms with E-state index in [4.69, 9.17) is 9.47 Å². The van der Waals surface area contributed by atoms with E-state index in [-0.39, 0.29) is 5.91 Å². The van der Waals surface area contributed by atoms with Crippen LogP contribution in [0.15, 0.2) is 55.3 Å². The molecule has 3 aromatic rings. The van der Waals surface area contributed by atoms with Crippen molar-refractivity contribution in [2.45, 2.75) is 38.2 Å². The van der Waals surface area contributed by atoms with Gasteiger partial charge in [-0.3, -0.25) is 4.79 Å². The van der Waals surface area contributed by atoms with Gasteiger partial charge in [-0.2, -0.15) is 5.10 Å². The molecule has 4 bridgehead atoms. The highest BCUT2D eigenvalue weighted by molar-refractivity contribution is 5.84. The number of allylic oxidation sites excluding steroid dienone is 2. The van der Waals surface area contributed by atoms with Crippen LogP contribution in [0.3, 0.4) is 0 Å². The molecule has 1 atom stereocenters. The Kier molecular flexibility index (Phi) is 7.00. The third kappa shape index (κ3) is 5.23. The molecule has 1 amide bonds. The third-order valence-corrected chi connectivity index (χ3v) is 8.32. The Morgan fingerprint density at radius 2 is 1.85 bits per heavy atom. The normalized spacial score (nSPS) is 21.5. The summed E-state index contributed by atoms with van der Waals surface area (Å²) in [5, 5.41) is 7.18. The monoisotopic (exact) mass is 524 g/mol. The van der Waals surface area contributed by atoms with Gasteiger partial charge in [0, 0.05) is 18.5 Å². The van der Waals surface area contributed by atoms with Crippen LogP contribution >= 0.6 is 0 Å². The molecule has 7 nitrogen and oxygen atoms in total. The number of aromatic nitrogens is 2. The van der Waals surface area contributed by atoms with Crippen molar-refractivity contribution in [1.82, 2.24) is 20.0 Å². The average molecular weight is 525 g/mol. The second kappa shape index (κ2) is 10.7. The molecule has 6 rings (SSSR count). The number of rotatable bonds is 1. The largest absolute Gasteiger partial charge is 0.480 e. The lowest BCUT2D eigenvalue weighted by molar-refractivity contribution is -0.133. The zero-order valence-corrected chi connectivity index (χ0v) is 22.8. The molecular formula is C32H36N4O3. The van der Waals surface area contributed by atoms with E-state index in [0.29, 0.717) is 37.9 Å². The van der Waals surface area contributed by atoms with Crippen LogP contribution < -0.4 is 9.47 Å². The number of amides is 1. The first-order valence-electron chi connectivity index (χ1n) is 13.9. The predicted molar refractivity (Wildman–Crippen MR) is 154 cm³/mol. The lowest BCUT2D eigenvalue weighted by atomic mass is 9.88. The fourth-order valence-electron chi connectivity index (χ4n) is 5.85. The minimum Gasteiger partial charge on any atom is -0.480 e. The number of fused-ring (bicyclic) bond motifs is 7.